The Morgan fingerprint density at radius 3 is 2.75 bits per heavy atom. The molecule has 3 N–H and O–H groups in total. The van der Waals surface area contributed by atoms with Crippen molar-refractivity contribution in [3.8, 4) is 5.75 Å². The highest BCUT2D eigenvalue weighted by atomic mass is 127. The summed E-state index contributed by atoms with van der Waals surface area (Å²) in [5.41, 5.74) is 3.25. The molecule has 0 bridgehead atoms. The predicted molar refractivity (Wildman–Crippen MR) is 103 cm³/mol. The van der Waals surface area contributed by atoms with Gasteiger partial charge in [0.15, 0.2) is 0 Å². The molecule has 0 aliphatic heterocycles. The first kappa shape index (κ1) is 18.4. The lowest BCUT2D eigenvalue weighted by atomic mass is 10.2. The van der Waals surface area contributed by atoms with Gasteiger partial charge >= 0.3 is 0 Å². The predicted octanol–water partition coefficient (Wildman–Crippen LogP) is 2.64. The summed E-state index contributed by atoms with van der Waals surface area (Å²) in [5.74, 6) is -0.757. The lowest BCUT2D eigenvalue weighted by molar-refractivity contribution is -0.120. The van der Waals surface area contributed by atoms with Crippen LogP contribution in [0, 0.1) is 3.57 Å². The van der Waals surface area contributed by atoms with E-state index in [1.807, 2.05) is 12.1 Å². The summed E-state index contributed by atoms with van der Waals surface area (Å²) in [4.78, 5) is 23.7. The first-order valence-corrected chi connectivity index (χ1v) is 8.67. The second-order valence-electron chi connectivity index (χ2n) is 4.66. The molecule has 0 radical (unpaired) electrons. The number of nitrogens with one attached hydrogen (secondary N) is 2. The van der Waals surface area contributed by atoms with Crippen molar-refractivity contribution in [2.75, 3.05) is 6.54 Å². The van der Waals surface area contributed by atoms with Crippen LogP contribution in [0.15, 0.2) is 52.0 Å². The van der Waals surface area contributed by atoms with Crippen molar-refractivity contribution in [3.63, 3.8) is 0 Å². The summed E-state index contributed by atoms with van der Waals surface area (Å²) in [6.45, 7) is -0.203. The molecule has 0 atom stereocenters. The summed E-state index contributed by atoms with van der Waals surface area (Å²) in [5, 5.41) is 15.9. The van der Waals surface area contributed by atoms with E-state index in [0.29, 0.717) is 11.1 Å². The monoisotopic (exact) mass is 501 g/mol. The van der Waals surface area contributed by atoms with Gasteiger partial charge in [0.2, 0.25) is 0 Å². The number of hydrogen-bond donors (Lipinski definition) is 3. The molecule has 0 aromatic heterocycles. The van der Waals surface area contributed by atoms with Crippen LogP contribution in [0.25, 0.3) is 0 Å². The summed E-state index contributed by atoms with van der Waals surface area (Å²) in [6.07, 6.45) is 1.32. The van der Waals surface area contributed by atoms with Gasteiger partial charge in [-0.2, -0.15) is 5.10 Å². The highest BCUT2D eigenvalue weighted by Crippen LogP contribution is 2.19. The number of hydrogen-bond acceptors (Lipinski definition) is 4. The van der Waals surface area contributed by atoms with Crippen LogP contribution in [-0.4, -0.2) is 29.7 Å². The number of phenols is 1. The van der Waals surface area contributed by atoms with E-state index in [-0.39, 0.29) is 18.2 Å². The second kappa shape index (κ2) is 8.78. The standard InChI is InChI=1S/C16H13BrIN3O3/c17-11-5-6-14(22)10(7-11)8-20-21-15(23)9-19-16(24)12-3-1-2-4-13(12)18/h1-8,22H,9H2,(H,19,24)(H,21,23). The van der Waals surface area contributed by atoms with Gasteiger partial charge in [-0.3, -0.25) is 9.59 Å². The Balaban J connectivity index is 1.85. The van der Waals surface area contributed by atoms with Gasteiger partial charge in [0.1, 0.15) is 5.75 Å². The van der Waals surface area contributed by atoms with Gasteiger partial charge in [0.05, 0.1) is 18.3 Å². The first-order valence-electron chi connectivity index (χ1n) is 6.80. The summed E-state index contributed by atoms with van der Waals surface area (Å²) in [7, 11) is 0. The lowest BCUT2D eigenvalue weighted by Gasteiger charge is -2.06. The number of phenolic OH excluding ortho intramolecular Hbond substituents is 1. The Kier molecular flexibility index (Phi) is 6.73. The van der Waals surface area contributed by atoms with Gasteiger partial charge < -0.3 is 10.4 Å². The van der Waals surface area contributed by atoms with Gasteiger partial charge in [-0.25, -0.2) is 5.43 Å². The summed E-state index contributed by atoms with van der Waals surface area (Å²) in [6, 6.07) is 11.9. The molecule has 6 nitrogen and oxygen atoms in total. The Bertz CT molecular complexity index is 796. The minimum absolute atomic E-state index is 0.0446. The Morgan fingerprint density at radius 1 is 1.25 bits per heavy atom. The fourth-order valence-corrected chi connectivity index (χ4v) is 2.75. The van der Waals surface area contributed by atoms with Crippen molar-refractivity contribution in [1.82, 2.24) is 10.7 Å². The topological polar surface area (TPSA) is 90.8 Å². The molecule has 0 fully saturated rings. The quantitative estimate of drug-likeness (QED) is 0.334. The zero-order valence-electron chi connectivity index (χ0n) is 12.3. The van der Waals surface area contributed by atoms with Gasteiger partial charge in [-0.15, -0.1) is 0 Å². The van der Waals surface area contributed by atoms with Crippen molar-refractivity contribution in [2.45, 2.75) is 0 Å². The summed E-state index contributed by atoms with van der Waals surface area (Å²) >= 11 is 5.33. The molecule has 0 unspecified atom stereocenters. The molecule has 0 aliphatic rings. The zero-order valence-corrected chi connectivity index (χ0v) is 16.0. The fourth-order valence-electron chi connectivity index (χ4n) is 1.74. The van der Waals surface area contributed by atoms with Crippen molar-refractivity contribution < 1.29 is 14.7 Å². The molecule has 0 heterocycles. The van der Waals surface area contributed by atoms with E-state index in [0.717, 1.165) is 8.04 Å². The number of halogens is 2. The third-order valence-electron chi connectivity index (χ3n) is 2.91. The lowest BCUT2D eigenvalue weighted by Crippen LogP contribution is -2.35. The molecule has 2 aromatic rings. The van der Waals surface area contributed by atoms with Crippen LogP contribution in [0.2, 0.25) is 0 Å². The summed E-state index contributed by atoms with van der Waals surface area (Å²) < 4.78 is 1.58. The van der Waals surface area contributed by atoms with E-state index in [9.17, 15) is 14.7 Å². The average Bonchev–Trinajstić information content (AvgIpc) is 2.56. The highest BCUT2D eigenvalue weighted by molar-refractivity contribution is 14.1. The van der Waals surface area contributed by atoms with Gasteiger partial charge in [-0.1, -0.05) is 28.1 Å². The minimum Gasteiger partial charge on any atom is -0.507 e. The largest absolute Gasteiger partial charge is 0.507 e. The Labute approximate surface area is 160 Å². The fraction of sp³-hybridized carbons (Fsp3) is 0.0625. The molecule has 2 amide bonds. The van der Waals surface area contributed by atoms with E-state index < -0.39 is 5.91 Å². The number of nitrogens with zero attached hydrogens (tertiary/aromatic N) is 1. The van der Waals surface area contributed by atoms with Crippen LogP contribution in [-0.2, 0) is 4.79 Å². The molecule has 124 valence electrons. The molecule has 0 saturated heterocycles. The number of aromatic hydroxyl groups is 1. The Morgan fingerprint density at radius 2 is 2.00 bits per heavy atom. The van der Waals surface area contributed by atoms with Crippen LogP contribution in [0.4, 0.5) is 0 Å². The number of hydrazone groups is 1. The third-order valence-corrected chi connectivity index (χ3v) is 4.34. The molecular weight excluding hydrogens is 489 g/mol. The molecule has 0 spiro atoms. The molecule has 2 rings (SSSR count). The van der Waals surface area contributed by atoms with Crippen LogP contribution in [0.5, 0.6) is 5.75 Å². The molecule has 0 aliphatic carbocycles. The van der Waals surface area contributed by atoms with E-state index in [2.05, 4.69) is 54.4 Å². The SMILES string of the molecule is O=C(CNC(=O)c1ccccc1I)NN=Cc1cc(Br)ccc1O. The zero-order chi connectivity index (χ0) is 17.5. The van der Waals surface area contributed by atoms with E-state index >= 15 is 0 Å². The number of carbonyl (C=O) groups excluding carboxylic acids is 2. The normalized spacial score (nSPS) is 10.6. The molecule has 24 heavy (non-hydrogen) atoms. The number of carbonyl (C=O) groups is 2. The first-order chi connectivity index (χ1) is 11.5. The Hall–Kier alpha value is -1.94. The van der Waals surface area contributed by atoms with Crippen molar-refractivity contribution in [1.29, 1.82) is 0 Å². The number of rotatable bonds is 5. The number of benzene rings is 2. The molecule has 8 heteroatoms. The maximum absolute atomic E-state index is 12.0. The maximum atomic E-state index is 12.0. The van der Waals surface area contributed by atoms with E-state index in [1.165, 1.54) is 12.3 Å². The highest BCUT2D eigenvalue weighted by Gasteiger charge is 2.10. The van der Waals surface area contributed by atoms with E-state index in [4.69, 9.17) is 0 Å². The van der Waals surface area contributed by atoms with Crippen molar-refractivity contribution in [3.05, 3.63) is 61.6 Å². The van der Waals surface area contributed by atoms with E-state index in [1.54, 1.807) is 24.3 Å². The molecule has 0 saturated carbocycles. The van der Waals surface area contributed by atoms with Crippen LogP contribution in [0.1, 0.15) is 15.9 Å². The second-order valence-corrected chi connectivity index (χ2v) is 6.74. The van der Waals surface area contributed by atoms with Crippen LogP contribution in [0.3, 0.4) is 0 Å². The van der Waals surface area contributed by atoms with Crippen LogP contribution < -0.4 is 10.7 Å². The smallest absolute Gasteiger partial charge is 0.259 e. The average molecular weight is 502 g/mol. The minimum atomic E-state index is -0.472. The molecule has 2 aromatic carbocycles. The van der Waals surface area contributed by atoms with Crippen molar-refractivity contribution >= 4 is 56.5 Å². The van der Waals surface area contributed by atoms with Crippen LogP contribution >= 0.6 is 38.5 Å². The third kappa shape index (κ3) is 5.31. The van der Waals surface area contributed by atoms with Gasteiger partial charge in [0, 0.05) is 13.6 Å². The molecular formula is C16H13BrIN3O3. The van der Waals surface area contributed by atoms with Crippen molar-refractivity contribution in [2.24, 2.45) is 5.10 Å². The van der Waals surface area contributed by atoms with Gasteiger partial charge in [-0.05, 0) is 52.9 Å². The maximum Gasteiger partial charge on any atom is 0.259 e. The van der Waals surface area contributed by atoms with Gasteiger partial charge in [0.25, 0.3) is 11.8 Å². The number of amides is 2.